The van der Waals surface area contributed by atoms with E-state index in [1.165, 1.54) is 5.56 Å². The van der Waals surface area contributed by atoms with Crippen molar-refractivity contribution in [2.24, 2.45) is 0 Å². The lowest BCUT2D eigenvalue weighted by molar-refractivity contribution is 0.531. The molecule has 0 aliphatic heterocycles. The van der Waals surface area contributed by atoms with Crippen molar-refractivity contribution in [2.45, 2.75) is 33.2 Å². The van der Waals surface area contributed by atoms with E-state index in [1.54, 1.807) is 11.3 Å². The van der Waals surface area contributed by atoms with Crippen molar-refractivity contribution >= 4 is 27.3 Å². The summed E-state index contributed by atoms with van der Waals surface area (Å²) in [5.74, 6) is 0. The highest BCUT2D eigenvalue weighted by Gasteiger charge is 2.15. The second-order valence-corrected chi connectivity index (χ2v) is 6.31. The summed E-state index contributed by atoms with van der Waals surface area (Å²) >= 11 is 5.27. The van der Waals surface area contributed by atoms with E-state index in [0.29, 0.717) is 6.04 Å². The molecule has 1 aromatic carbocycles. The number of aromatic nitrogens is 2. The van der Waals surface area contributed by atoms with Gasteiger partial charge >= 0.3 is 0 Å². The number of nitrogens with zero attached hydrogens (tertiary/aromatic N) is 2. The Kier molecular flexibility index (Phi) is 5.07. The van der Waals surface area contributed by atoms with Crippen molar-refractivity contribution in [3.05, 3.63) is 33.2 Å². The molecular formula is C14H18BrN3S. The van der Waals surface area contributed by atoms with Gasteiger partial charge in [-0.3, -0.25) is 0 Å². The van der Waals surface area contributed by atoms with E-state index >= 15 is 0 Å². The second-order valence-electron chi connectivity index (χ2n) is 4.45. The van der Waals surface area contributed by atoms with Gasteiger partial charge in [-0.25, -0.2) is 0 Å². The van der Waals surface area contributed by atoms with Gasteiger partial charge in [0.15, 0.2) is 0 Å². The van der Waals surface area contributed by atoms with Crippen molar-refractivity contribution in [3.8, 4) is 10.6 Å². The maximum atomic E-state index is 4.33. The number of hydrogen-bond acceptors (Lipinski definition) is 4. The first kappa shape index (κ1) is 14.6. The molecule has 0 bridgehead atoms. The van der Waals surface area contributed by atoms with Gasteiger partial charge in [-0.05, 0) is 31.5 Å². The van der Waals surface area contributed by atoms with Crippen molar-refractivity contribution in [2.75, 3.05) is 6.54 Å². The summed E-state index contributed by atoms with van der Waals surface area (Å²) in [6, 6.07) is 6.61. The van der Waals surface area contributed by atoms with Crippen LogP contribution in [0, 0.1) is 6.92 Å². The van der Waals surface area contributed by atoms with Crippen LogP contribution in [0.2, 0.25) is 0 Å². The molecule has 3 nitrogen and oxygen atoms in total. The molecule has 0 radical (unpaired) electrons. The highest BCUT2D eigenvalue weighted by atomic mass is 79.9. The van der Waals surface area contributed by atoms with Crippen molar-refractivity contribution in [3.63, 3.8) is 0 Å². The Morgan fingerprint density at radius 3 is 2.74 bits per heavy atom. The topological polar surface area (TPSA) is 37.8 Å². The maximum absolute atomic E-state index is 4.33. The van der Waals surface area contributed by atoms with Gasteiger partial charge in [0, 0.05) is 10.0 Å². The molecular weight excluding hydrogens is 322 g/mol. The molecule has 1 N–H and O–H groups in total. The highest BCUT2D eigenvalue weighted by Crippen LogP contribution is 2.33. The third-order valence-electron chi connectivity index (χ3n) is 2.95. The van der Waals surface area contributed by atoms with Crippen LogP contribution in [-0.4, -0.2) is 16.7 Å². The molecule has 102 valence electrons. The first-order valence-electron chi connectivity index (χ1n) is 6.49. The molecule has 1 heterocycles. The Bertz CT molecular complexity index is 553. The summed E-state index contributed by atoms with van der Waals surface area (Å²) in [7, 11) is 0. The number of hydrogen-bond donors (Lipinski definition) is 1. The quantitative estimate of drug-likeness (QED) is 0.880. The van der Waals surface area contributed by atoms with Crippen LogP contribution in [0.1, 0.15) is 36.9 Å². The predicted molar refractivity (Wildman–Crippen MR) is 84.5 cm³/mol. The van der Waals surface area contributed by atoms with Gasteiger partial charge in [0.25, 0.3) is 0 Å². The summed E-state index contributed by atoms with van der Waals surface area (Å²) in [5, 5.41) is 14.1. The number of rotatable bonds is 5. The molecule has 0 saturated carbocycles. The van der Waals surface area contributed by atoms with E-state index in [0.717, 1.165) is 33.0 Å². The van der Waals surface area contributed by atoms with Gasteiger partial charge in [0.1, 0.15) is 10.0 Å². The molecule has 1 atom stereocenters. The van der Waals surface area contributed by atoms with Gasteiger partial charge in [0.2, 0.25) is 0 Å². The van der Waals surface area contributed by atoms with E-state index in [2.05, 4.69) is 70.4 Å². The monoisotopic (exact) mass is 339 g/mol. The number of benzene rings is 1. The van der Waals surface area contributed by atoms with E-state index in [-0.39, 0.29) is 0 Å². The SMILES string of the molecule is CCNC(CC)c1nnc(-c2ccc(C)cc2Br)s1. The minimum absolute atomic E-state index is 0.306. The summed E-state index contributed by atoms with van der Waals surface area (Å²) in [5.41, 5.74) is 2.35. The van der Waals surface area contributed by atoms with Crippen LogP contribution in [0.4, 0.5) is 0 Å². The summed E-state index contributed by atoms with van der Waals surface area (Å²) < 4.78 is 1.08. The lowest BCUT2D eigenvalue weighted by Gasteiger charge is -2.11. The Labute approximate surface area is 126 Å². The normalized spacial score (nSPS) is 12.6. The zero-order valence-corrected chi connectivity index (χ0v) is 13.8. The fraction of sp³-hybridized carbons (Fsp3) is 0.429. The molecule has 2 aromatic rings. The lowest BCUT2D eigenvalue weighted by Crippen LogP contribution is -2.19. The molecule has 0 aliphatic carbocycles. The van der Waals surface area contributed by atoms with E-state index in [1.807, 2.05) is 0 Å². The van der Waals surface area contributed by atoms with Gasteiger partial charge in [-0.1, -0.05) is 53.2 Å². The third kappa shape index (κ3) is 3.41. The fourth-order valence-corrected chi connectivity index (χ4v) is 3.78. The zero-order chi connectivity index (χ0) is 13.8. The molecule has 0 saturated heterocycles. The van der Waals surface area contributed by atoms with E-state index in [4.69, 9.17) is 0 Å². The van der Waals surface area contributed by atoms with Gasteiger partial charge in [0.05, 0.1) is 6.04 Å². The fourth-order valence-electron chi connectivity index (χ4n) is 1.93. The summed E-state index contributed by atoms with van der Waals surface area (Å²) in [6.45, 7) is 7.30. The Hall–Kier alpha value is -0.780. The molecule has 0 spiro atoms. The van der Waals surface area contributed by atoms with Crippen LogP contribution in [0.15, 0.2) is 22.7 Å². The minimum Gasteiger partial charge on any atom is -0.308 e. The van der Waals surface area contributed by atoms with Crippen molar-refractivity contribution in [1.29, 1.82) is 0 Å². The van der Waals surface area contributed by atoms with Crippen LogP contribution in [-0.2, 0) is 0 Å². The molecule has 0 fully saturated rings. The van der Waals surface area contributed by atoms with E-state index in [9.17, 15) is 0 Å². The van der Waals surface area contributed by atoms with Gasteiger partial charge < -0.3 is 5.32 Å². The summed E-state index contributed by atoms with van der Waals surface area (Å²) in [4.78, 5) is 0. The maximum Gasteiger partial charge on any atom is 0.148 e. The van der Waals surface area contributed by atoms with Crippen LogP contribution >= 0.6 is 27.3 Å². The minimum atomic E-state index is 0.306. The van der Waals surface area contributed by atoms with Crippen LogP contribution in [0.5, 0.6) is 0 Å². The predicted octanol–water partition coefficient (Wildman–Crippen LogP) is 4.34. The Balaban J connectivity index is 2.29. The molecule has 2 rings (SSSR count). The Morgan fingerprint density at radius 2 is 2.11 bits per heavy atom. The van der Waals surface area contributed by atoms with Gasteiger partial charge in [-0.15, -0.1) is 10.2 Å². The average Bonchev–Trinajstić information content (AvgIpc) is 2.85. The molecule has 1 unspecified atom stereocenters. The van der Waals surface area contributed by atoms with Crippen molar-refractivity contribution in [1.82, 2.24) is 15.5 Å². The molecule has 0 aliphatic rings. The van der Waals surface area contributed by atoms with Gasteiger partial charge in [-0.2, -0.15) is 0 Å². The molecule has 5 heteroatoms. The molecule has 19 heavy (non-hydrogen) atoms. The lowest BCUT2D eigenvalue weighted by atomic mass is 10.2. The molecule has 1 aromatic heterocycles. The van der Waals surface area contributed by atoms with E-state index < -0.39 is 0 Å². The second kappa shape index (κ2) is 6.59. The Morgan fingerprint density at radius 1 is 1.32 bits per heavy atom. The highest BCUT2D eigenvalue weighted by molar-refractivity contribution is 9.10. The first-order chi connectivity index (χ1) is 9.15. The summed E-state index contributed by atoms with van der Waals surface area (Å²) in [6.07, 6.45) is 1.03. The number of aryl methyl sites for hydroxylation is 1. The van der Waals surface area contributed by atoms with Crippen LogP contribution < -0.4 is 5.32 Å². The average molecular weight is 340 g/mol. The molecule has 0 amide bonds. The number of halogens is 1. The van der Waals surface area contributed by atoms with Crippen molar-refractivity contribution < 1.29 is 0 Å². The first-order valence-corrected chi connectivity index (χ1v) is 8.10. The third-order valence-corrected chi connectivity index (χ3v) is 4.68. The van der Waals surface area contributed by atoms with Crippen LogP contribution in [0.25, 0.3) is 10.6 Å². The standard InChI is InChI=1S/C14H18BrN3S/c1-4-12(16-5-2)14-18-17-13(19-14)10-7-6-9(3)8-11(10)15/h6-8,12,16H,4-5H2,1-3H3. The largest absolute Gasteiger partial charge is 0.308 e. The zero-order valence-electron chi connectivity index (χ0n) is 11.4. The van der Waals surface area contributed by atoms with Crippen LogP contribution in [0.3, 0.4) is 0 Å². The smallest absolute Gasteiger partial charge is 0.148 e. The number of nitrogens with one attached hydrogen (secondary N) is 1.